The summed E-state index contributed by atoms with van der Waals surface area (Å²) in [6, 6.07) is 11.6. The van der Waals surface area contributed by atoms with E-state index in [0.29, 0.717) is 0 Å². The summed E-state index contributed by atoms with van der Waals surface area (Å²) in [7, 11) is 8.72. The molecular weight excluding hydrogens is 672 g/mol. The average Bonchev–Trinajstić information content (AvgIpc) is 3.26. The lowest BCUT2D eigenvalue weighted by atomic mass is 9.81. The summed E-state index contributed by atoms with van der Waals surface area (Å²) < 4.78 is 40.8. The predicted octanol–water partition coefficient (Wildman–Crippen LogP) is 6.98. The zero-order valence-corrected chi connectivity index (χ0v) is 32.7. The van der Waals surface area contributed by atoms with E-state index in [2.05, 4.69) is 145 Å². The first-order valence-electron chi connectivity index (χ1n) is 16.5. The Labute approximate surface area is 292 Å². The molecule has 7 nitrogen and oxygen atoms in total. The molecule has 0 N–H and O–H groups in total. The first kappa shape index (κ1) is 37.3. The van der Waals surface area contributed by atoms with E-state index in [1.165, 1.54) is 28.6 Å². The number of nitrogens with zero attached hydrogens (tertiary/aromatic N) is 4. The van der Waals surface area contributed by atoms with Crippen LogP contribution in [0.3, 0.4) is 0 Å². The lowest BCUT2D eigenvalue weighted by Crippen LogP contribution is -2.37. The van der Waals surface area contributed by atoms with E-state index in [1.807, 2.05) is 0 Å². The van der Waals surface area contributed by atoms with Crippen molar-refractivity contribution in [2.45, 2.75) is 63.2 Å². The Morgan fingerprint density at radius 1 is 0.915 bits per heavy atom. The minimum Gasteiger partial charge on any atom is -0.744 e. The molecule has 0 saturated heterocycles. The summed E-state index contributed by atoms with van der Waals surface area (Å²) >= 11 is 3.84. The van der Waals surface area contributed by atoms with E-state index >= 15 is 0 Å². The van der Waals surface area contributed by atoms with Crippen LogP contribution < -0.4 is 4.90 Å². The van der Waals surface area contributed by atoms with Gasteiger partial charge in [0.2, 0.25) is 5.69 Å². The van der Waals surface area contributed by atoms with Crippen molar-refractivity contribution in [3.63, 3.8) is 0 Å². The first-order valence-corrected chi connectivity index (χ1v) is 18.7. The van der Waals surface area contributed by atoms with Crippen LogP contribution in [0.5, 0.6) is 0 Å². The lowest BCUT2D eigenvalue weighted by Gasteiger charge is -2.29. The Hall–Kier alpha value is -2.56. The summed E-state index contributed by atoms with van der Waals surface area (Å²) in [4.78, 5) is 2.31. The summed E-state index contributed by atoms with van der Waals surface area (Å²) in [5, 5.41) is 0. The zero-order valence-electron chi connectivity index (χ0n) is 30.3. The van der Waals surface area contributed by atoms with Gasteiger partial charge in [-0.2, -0.15) is 4.58 Å². The molecule has 0 radical (unpaired) electrons. The monoisotopic (exact) mass is 726 g/mol. The summed E-state index contributed by atoms with van der Waals surface area (Å²) in [5.74, 6) is 0. The van der Waals surface area contributed by atoms with Crippen LogP contribution in [0.25, 0.3) is 0 Å². The Kier molecular flexibility index (Phi) is 10.6. The fourth-order valence-electron chi connectivity index (χ4n) is 6.86. The van der Waals surface area contributed by atoms with Crippen LogP contribution in [-0.2, 0) is 20.9 Å². The highest BCUT2D eigenvalue weighted by molar-refractivity contribution is 9.11. The van der Waals surface area contributed by atoms with Gasteiger partial charge in [0.15, 0.2) is 12.3 Å². The van der Waals surface area contributed by atoms with Crippen molar-refractivity contribution in [2.24, 2.45) is 0 Å². The topological polar surface area (TPSA) is 63.4 Å². The molecule has 0 unspecified atom stereocenters. The molecule has 9 heteroatoms. The highest BCUT2D eigenvalue weighted by Gasteiger charge is 2.45. The maximum absolute atomic E-state index is 11.9. The van der Waals surface area contributed by atoms with Crippen molar-refractivity contribution in [3.05, 3.63) is 87.6 Å². The van der Waals surface area contributed by atoms with Crippen molar-refractivity contribution in [1.29, 1.82) is 0 Å². The minimum atomic E-state index is -4.56. The van der Waals surface area contributed by atoms with E-state index < -0.39 is 15.5 Å². The summed E-state index contributed by atoms with van der Waals surface area (Å²) in [6.45, 7) is 14.8. The van der Waals surface area contributed by atoms with E-state index in [-0.39, 0.29) is 10.3 Å². The number of quaternary nitrogens is 2. The van der Waals surface area contributed by atoms with Gasteiger partial charge in [0, 0.05) is 52.0 Å². The normalized spacial score (nSPS) is 18.9. The van der Waals surface area contributed by atoms with E-state index in [4.69, 9.17) is 0 Å². The Bertz CT molecular complexity index is 1750. The molecule has 0 fully saturated rings. The number of rotatable bonds is 12. The summed E-state index contributed by atoms with van der Waals surface area (Å²) in [6.07, 6.45) is 10.6. The molecule has 47 heavy (non-hydrogen) atoms. The van der Waals surface area contributed by atoms with Crippen LogP contribution in [0.15, 0.2) is 75.8 Å². The van der Waals surface area contributed by atoms with Crippen LogP contribution >= 0.6 is 15.9 Å². The molecule has 0 spiro atoms. The zero-order chi connectivity index (χ0) is 35.2. The van der Waals surface area contributed by atoms with Crippen LogP contribution in [0.4, 0.5) is 11.4 Å². The Morgan fingerprint density at radius 3 is 2.17 bits per heavy atom. The second kappa shape index (κ2) is 13.4. The van der Waals surface area contributed by atoms with E-state index in [1.54, 1.807) is 12.1 Å². The maximum atomic E-state index is 11.9. The first-order chi connectivity index (χ1) is 21.5. The van der Waals surface area contributed by atoms with Crippen LogP contribution in [0.2, 0.25) is 0 Å². The molecule has 256 valence electrons. The predicted molar refractivity (Wildman–Crippen MR) is 198 cm³/mol. The van der Waals surface area contributed by atoms with Crippen molar-refractivity contribution in [2.75, 3.05) is 73.4 Å². The van der Waals surface area contributed by atoms with E-state index in [0.717, 1.165) is 69.4 Å². The SMILES string of the molecule is Cc1ccc2c(c1)C(C)(C)\C(=C/C=C(Br)/C=C/C1=[N+](CCC[N+](C)(C)C)c3ccc(S(=O)(=O)[O-])cc3C1(C)C)N2CCC[N+](C)(C)C. The third-order valence-electron chi connectivity index (χ3n) is 9.42. The Morgan fingerprint density at radius 2 is 1.55 bits per heavy atom. The average molecular weight is 728 g/mol. The second-order valence-corrected chi connectivity index (χ2v) is 18.6. The van der Waals surface area contributed by atoms with Gasteiger partial charge in [-0.25, -0.2) is 8.42 Å². The smallest absolute Gasteiger partial charge is 0.209 e. The molecule has 2 aliphatic heterocycles. The van der Waals surface area contributed by atoms with Crippen molar-refractivity contribution >= 4 is 43.1 Å². The third kappa shape index (κ3) is 8.54. The molecular formula is C38H55BrN4O3S+2. The number of fused-ring (bicyclic) bond motifs is 2. The van der Waals surface area contributed by atoms with Gasteiger partial charge in [0.1, 0.15) is 10.1 Å². The standard InChI is InChI=1S/C38H55BrN4O3S/c1-28-14-18-33-31(26-28)37(2,3)35(40(33)22-12-24-42(6,7)8)20-15-29(39)16-21-36-38(4,5)32-27-30(47(44,45)46)17-19-34(32)41(36)23-13-25-43(9,10)11/h14-21,26-27H,12-13,22-25H2,1-11H3/q+2. The van der Waals surface area contributed by atoms with Gasteiger partial charge < -0.3 is 18.4 Å². The molecule has 2 heterocycles. The van der Waals surface area contributed by atoms with Crippen LogP contribution in [0, 0.1) is 6.92 Å². The van der Waals surface area contributed by atoms with Crippen LogP contribution in [0.1, 0.15) is 57.2 Å². The van der Waals surface area contributed by atoms with Gasteiger partial charge in [-0.15, -0.1) is 0 Å². The highest BCUT2D eigenvalue weighted by atomic mass is 79.9. The van der Waals surface area contributed by atoms with Gasteiger partial charge in [-0.3, -0.25) is 0 Å². The molecule has 0 bridgehead atoms. The number of hydrogen-bond acceptors (Lipinski definition) is 4. The van der Waals surface area contributed by atoms with Gasteiger partial charge in [0.05, 0.1) is 72.1 Å². The van der Waals surface area contributed by atoms with Gasteiger partial charge >= 0.3 is 0 Å². The van der Waals surface area contributed by atoms with Gasteiger partial charge in [-0.1, -0.05) is 47.5 Å². The minimum absolute atomic E-state index is 0.142. The quantitative estimate of drug-likeness (QED) is 0.103. The number of benzene rings is 2. The molecule has 4 rings (SSSR count). The largest absolute Gasteiger partial charge is 0.744 e. The summed E-state index contributed by atoms with van der Waals surface area (Å²) in [5.41, 5.74) is 7.44. The van der Waals surface area contributed by atoms with Crippen molar-refractivity contribution in [1.82, 2.24) is 0 Å². The molecule has 0 aromatic heterocycles. The van der Waals surface area contributed by atoms with Gasteiger partial charge in [0.25, 0.3) is 0 Å². The van der Waals surface area contributed by atoms with Crippen LogP contribution in [-0.4, -0.2) is 101 Å². The highest BCUT2D eigenvalue weighted by Crippen LogP contribution is 2.48. The molecule has 0 atom stereocenters. The lowest BCUT2D eigenvalue weighted by molar-refractivity contribution is -0.871. The Balaban J connectivity index is 1.71. The van der Waals surface area contributed by atoms with Crippen molar-refractivity contribution in [3.8, 4) is 0 Å². The van der Waals surface area contributed by atoms with E-state index in [9.17, 15) is 13.0 Å². The molecule has 2 aliphatic rings. The maximum Gasteiger partial charge on any atom is 0.209 e. The fourth-order valence-corrected chi connectivity index (χ4v) is 7.62. The molecule has 2 aromatic rings. The molecule has 2 aromatic carbocycles. The number of allylic oxidation sites excluding steroid dienone is 6. The fraction of sp³-hybridized carbons (Fsp3) is 0.500. The third-order valence-corrected chi connectivity index (χ3v) is 10.8. The van der Waals surface area contributed by atoms with Crippen molar-refractivity contribution < 1.29 is 26.5 Å². The number of aryl methyl sites for hydroxylation is 1. The molecule has 0 amide bonds. The number of hydrogen-bond donors (Lipinski definition) is 0. The molecule has 0 saturated carbocycles. The van der Waals surface area contributed by atoms with Gasteiger partial charge in [-0.05, 0) is 62.8 Å². The molecule has 0 aliphatic carbocycles. The number of halogens is 1. The second-order valence-electron chi connectivity index (χ2n) is 16.3. The number of anilines is 1.